The molecule has 0 aromatic carbocycles. The van der Waals surface area contributed by atoms with Gasteiger partial charge in [-0.25, -0.2) is 9.13 Å². The minimum absolute atomic E-state index is 0.00994. The lowest BCUT2D eigenvalue weighted by Crippen LogP contribution is -2.64. The van der Waals surface area contributed by atoms with Crippen LogP contribution in [0.3, 0.4) is 0 Å². The van der Waals surface area contributed by atoms with Crippen LogP contribution in [0.15, 0.2) is 48.6 Å². The summed E-state index contributed by atoms with van der Waals surface area (Å²) in [7, 11) is -10.7. The summed E-state index contributed by atoms with van der Waals surface area (Å²) in [5.41, 5.74) is 0. The van der Waals surface area contributed by atoms with Gasteiger partial charge in [0.2, 0.25) is 0 Å². The Labute approximate surface area is 398 Å². The Bertz CT molecular complexity index is 1520. The van der Waals surface area contributed by atoms with Gasteiger partial charge in [0.15, 0.2) is 6.10 Å². The van der Waals surface area contributed by atoms with Crippen LogP contribution in [0.4, 0.5) is 0 Å². The van der Waals surface area contributed by atoms with Gasteiger partial charge in [-0.15, -0.1) is 0 Å². The molecule has 9 N–H and O–H groups in total. The Morgan fingerprint density at radius 1 is 0.537 bits per heavy atom. The predicted octanol–water partition coefficient (Wildman–Crippen LogP) is 7.23. The number of ether oxygens (including phenoxy) is 2. The highest BCUT2D eigenvalue weighted by atomic mass is 31.2. The standard InChI is InChI=1S/C47H84O18P2/c1-3-5-7-9-11-12-13-14-15-16-17-18-19-20-21-25-30-34-41(51)63-37(36-62-67(59,60)65-47-44(54)42(52)43(53)46(45(47)55)64-66(56,57)58)35-61-40(50)33-29-26-22-24-28-32-39(49)38(48)31-27-23-10-8-6-4-2/h14-15,17-18,20-21,23,27,37-39,42-49,52-55H,3-13,16,19,22,24-26,28-36H2,1-2H3,(H,59,60)(H2,56,57,58)/b15-14-,18-17-,21-20-,27-23-/t37-,38-,39-,42?,43?,44?,45?,46-,47+/m1/s1. The van der Waals surface area contributed by atoms with Crippen molar-refractivity contribution in [2.45, 2.75) is 223 Å². The summed E-state index contributed by atoms with van der Waals surface area (Å²) in [5, 5.41) is 61.7. The van der Waals surface area contributed by atoms with E-state index >= 15 is 0 Å². The molecule has 5 unspecified atom stereocenters. The summed E-state index contributed by atoms with van der Waals surface area (Å²) in [5.74, 6) is -1.38. The molecule has 18 nitrogen and oxygen atoms in total. The molecule has 1 aliphatic carbocycles. The zero-order chi connectivity index (χ0) is 49.9. The van der Waals surface area contributed by atoms with Crippen LogP contribution < -0.4 is 0 Å². The number of carbonyl (C=O) groups is 2. The van der Waals surface area contributed by atoms with Crippen LogP contribution in [0, 0.1) is 0 Å². The number of esters is 2. The lowest BCUT2D eigenvalue weighted by atomic mass is 9.85. The van der Waals surface area contributed by atoms with Crippen LogP contribution in [0.5, 0.6) is 0 Å². The van der Waals surface area contributed by atoms with Gasteiger partial charge in [0.1, 0.15) is 43.2 Å². The molecule has 1 saturated carbocycles. The lowest BCUT2D eigenvalue weighted by Gasteiger charge is -2.43. The third-order valence-electron chi connectivity index (χ3n) is 11.1. The van der Waals surface area contributed by atoms with Gasteiger partial charge in [0, 0.05) is 12.8 Å². The summed E-state index contributed by atoms with van der Waals surface area (Å²) in [4.78, 5) is 54.3. The molecule has 0 saturated heterocycles. The van der Waals surface area contributed by atoms with Crippen LogP contribution in [0.1, 0.15) is 168 Å². The average Bonchev–Trinajstić information content (AvgIpc) is 3.28. The number of allylic oxidation sites excluding steroid dienone is 7. The van der Waals surface area contributed by atoms with Crippen molar-refractivity contribution in [3.05, 3.63) is 48.6 Å². The molecule has 10 atom stereocenters. The maximum Gasteiger partial charge on any atom is 0.472 e. The highest BCUT2D eigenvalue weighted by Crippen LogP contribution is 2.49. The zero-order valence-electron chi connectivity index (χ0n) is 39.8. The van der Waals surface area contributed by atoms with Crippen molar-refractivity contribution in [2.75, 3.05) is 13.2 Å². The molecule has 67 heavy (non-hydrogen) atoms. The molecule has 1 aliphatic rings. The summed E-state index contributed by atoms with van der Waals surface area (Å²) in [6.07, 6.45) is 19.4. The lowest BCUT2D eigenvalue weighted by molar-refractivity contribution is -0.216. The van der Waals surface area contributed by atoms with E-state index < -0.39 is 95.7 Å². The SMILES string of the molecule is CCCCC/C=C\C[C@@H](O)[C@H](O)CCCCCCCC(=O)OC[C@H](COP(=O)(O)O[C@H]1C(O)C(O)C(O)[C@@H](OP(=O)(O)O)C1O)OC(=O)CCC/C=C\C/C=C\C/C=C\CCCCCCCC. The fraction of sp³-hybridized carbons (Fsp3) is 0.787. The Morgan fingerprint density at radius 3 is 1.66 bits per heavy atom. The number of carbonyl (C=O) groups excluding carboxylic acids is 2. The minimum Gasteiger partial charge on any atom is -0.462 e. The van der Waals surface area contributed by atoms with Gasteiger partial charge in [-0.05, 0) is 70.6 Å². The number of phosphoric ester groups is 2. The van der Waals surface area contributed by atoms with Gasteiger partial charge in [0.05, 0.1) is 18.8 Å². The second kappa shape index (κ2) is 37.7. The van der Waals surface area contributed by atoms with E-state index in [-0.39, 0.29) is 12.8 Å². The first-order chi connectivity index (χ1) is 31.9. The molecular formula is C47H84O18P2. The first kappa shape index (κ1) is 62.9. The third kappa shape index (κ3) is 31.7. The topological polar surface area (TPSA) is 296 Å². The van der Waals surface area contributed by atoms with E-state index in [4.69, 9.17) is 18.5 Å². The molecule has 0 bridgehead atoms. The van der Waals surface area contributed by atoms with Gasteiger partial charge in [0.25, 0.3) is 0 Å². The third-order valence-corrected chi connectivity index (χ3v) is 12.6. The summed E-state index contributed by atoms with van der Waals surface area (Å²) in [6, 6.07) is 0. The normalized spacial score (nSPS) is 22.7. The van der Waals surface area contributed by atoms with Gasteiger partial charge >= 0.3 is 27.6 Å². The fourth-order valence-corrected chi connectivity index (χ4v) is 8.66. The van der Waals surface area contributed by atoms with Crippen molar-refractivity contribution in [2.24, 2.45) is 0 Å². The largest absolute Gasteiger partial charge is 0.472 e. The molecule has 0 spiro atoms. The van der Waals surface area contributed by atoms with Crippen molar-refractivity contribution in [3.63, 3.8) is 0 Å². The number of unbranched alkanes of at least 4 members (excludes halogenated alkanes) is 14. The number of rotatable bonds is 40. The minimum atomic E-state index is -5.39. The van der Waals surface area contributed by atoms with Gasteiger partial charge in [-0.3, -0.25) is 23.2 Å². The van der Waals surface area contributed by atoms with E-state index in [1.165, 1.54) is 38.5 Å². The summed E-state index contributed by atoms with van der Waals surface area (Å²) >= 11 is 0. The number of phosphoric acid groups is 2. The van der Waals surface area contributed by atoms with Crippen LogP contribution >= 0.6 is 15.6 Å². The average molecular weight is 999 g/mol. The maximum absolute atomic E-state index is 13.0. The predicted molar refractivity (Wildman–Crippen MR) is 253 cm³/mol. The maximum atomic E-state index is 13.0. The smallest absolute Gasteiger partial charge is 0.462 e. The Morgan fingerprint density at radius 2 is 1.03 bits per heavy atom. The molecule has 0 amide bonds. The molecule has 1 rings (SSSR count). The Kier molecular flexibility index (Phi) is 35.4. The van der Waals surface area contributed by atoms with Gasteiger partial charge in [-0.2, -0.15) is 0 Å². The van der Waals surface area contributed by atoms with Crippen molar-refractivity contribution in [1.82, 2.24) is 0 Å². The van der Waals surface area contributed by atoms with Crippen LogP contribution in [-0.4, -0.2) is 125 Å². The van der Waals surface area contributed by atoms with Crippen molar-refractivity contribution < 1.29 is 87.1 Å². The number of hydrogen-bond donors (Lipinski definition) is 9. The van der Waals surface area contributed by atoms with Crippen molar-refractivity contribution >= 4 is 27.6 Å². The van der Waals surface area contributed by atoms with Crippen molar-refractivity contribution in [3.8, 4) is 0 Å². The first-order valence-electron chi connectivity index (χ1n) is 24.3. The molecule has 0 radical (unpaired) electrons. The van der Waals surface area contributed by atoms with Gasteiger partial charge in [-0.1, -0.05) is 133 Å². The second-order valence-corrected chi connectivity index (χ2v) is 19.7. The summed E-state index contributed by atoms with van der Waals surface area (Å²) in [6.45, 7) is 2.87. The summed E-state index contributed by atoms with van der Waals surface area (Å²) < 4.78 is 49.2. The quantitative estimate of drug-likeness (QED) is 0.0127. The first-order valence-corrected chi connectivity index (χ1v) is 27.4. The zero-order valence-corrected chi connectivity index (χ0v) is 41.6. The number of aliphatic hydroxyl groups is 6. The van der Waals surface area contributed by atoms with E-state index in [1.54, 1.807) is 0 Å². The Balaban J connectivity index is 2.67. The van der Waals surface area contributed by atoms with E-state index in [9.17, 15) is 64.0 Å². The molecule has 390 valence electrons. The molecule has 0 aromatic rings. The Hall–Kier alpha value is -2.12. The van der Waals surface area contributed by atoms with Crippen molar-refractivity contribution in [1.29, 1.82) is 0 Å². The van der Waals surface area contributed by atoms with Crippen LogP contribution in [0.2, 0.25) is 0 Å². The molecule has 0 aromatic heterocycles. The number of aliphatic hydroxyl groups excluding tert-OH is 6. The highest BCUT2D eigenvalue weighted by Gasteiger charge is 2.54. The molecule has 1 fully saturated rings. The fourth-order valence-electron chi connectivity index (χ4n) is 7.12. The van der Waals surface area contributed by atoms with E-state index in [0.717, 1.165) is 57.8 Å². The van der Waals surface area contributed by atoms with Crippen LogP contribution in [0.25, 0.3) is 0 Å². The van der Waals surface area contributed by atoms with E-state index in [0.29, 0.717) is 44.9 Å². The van der Waals surface area contributed by atoms with E-state index in [1.807, 2.05) is 24.3 Å². The molecule has 0 aliphatic heterocycles. The van der Waals surface area contributed by atoms with Gasteiger partial charge < -0.3 is 54.8 Å². The molecule has 0 heterocycles. The molecular weight excluding hydrogens is 914 g/mol. The second-order valence-electron chi connectivity index (χ2n) is 17.1. The molecule has 20 heteroatoms. The monoisotopic (exact) mass is 999 g/mol. The van der Waals surface area contributed by atoms with Crippen LogP contribution in [-0.2, 0) is 41.8 Å². The van der Waals surface area contributed by atoms with E-state index in [2.05, 4.69) is 42.7 Å². The highest BCUT2D eigenvalue weighted by molar-refractivity contribution is 7.47. The number of hydrogen-bond acceptors (Lipinski definition) is 15.